The summed E-state index contributed by atoms with van der Waals surface area (Å²) in [5.74, 6) is -1.73. The maximum Gasteiger partial charge on any atom is 0.528 e. The molecule has 0 atom stereocenters. The minimum absolute atomic E-state index is 0.125. The highest BCUT2D eigenvalue weighted by Gasteiger charge is 2.38. The Balaban J connectivity index is -0.000000117. The number of ether oxygens (including phenoxy) is 2. The first-order chi connectivity index (χ1) is 34.2. The maximum absolute atomic E-state index is 11.1. The van der Waals surface area contributed by atoms with E-state index in [2.05, 4.69) is 44.0 Å². The van der Waals surface area contributed by atoms with Gasteiger partial charge in [-0.25, -0.2) is 23.5 Å². The van der Waals surface area contributed by atoms with Gasteiger partial charge in [0.2, 0.25) is 0 Å². The minimum Gasteiger partial charge on any atom is -0.478 e. The lowest BCUT2D eigenvalue weighted by molar-refractivity contribution is -0.139. The molecule has 0 unspecified atom stereocenters. The van der Waals surface area contributed by atoms with E-state index in [1.165, 1.54) is 6.92 Å². The van der Waals surface area contributed by atoms with Crippen molar-refractivity contribution in [3.05, 3.63) is 74.4 Å². The van der Waals surface area contributed by atoms with Gasteiger partial charge in [-0.2, -0.15) is 0 Å². The Labute approximate surface area is 442 Å². The summed E-state index contributed by atoms with van der Waals surface area (Å²) in [6.45, 7) is 31.1. The van der Waals surface area contributed by atoms with Crippen LogP contribution in [0.5, 0.6) is 0 Å². The van der Waals surface area contributed by atoms with Gasteiger partial charge in [-0.3, -0.25) is 9.79 Å². The number of carboxylic acid groups (broad SMARTS) is 1. The largest absolute Gasteiger partial charge is 0.528 e. The molecule has 0 heterocycles. The van der Waals surface area contributed by atoms with E-state index in [0.29, 0.717) is 69.8 Å². The summed E-state index contributed by atoms with van der Waals surface area (Å²) in [7, 11) is -4.96. The lowest BCUT2D eigenvalue weighted by Crippen LogP contribution is -2.44. The molecule has 0 bridgehead atoms. The molecule has 0 saturated heterocycles. The highest BCUT2D eigenvalue weighted by atomic mass is 31.2. The fourth-order valence-electron chi connectivity index (χ4n) is 3.71. The number of aliphatic carboxylic acids is 1. The van der Waals surface area contributed by atoms with E-state index < -0.39 is 62.8 Å². The Bertz CT molecular complexity index is 1490. The van der Waals surface area contributed by atoms with Crippen LogP contribution in [0.4, 0.5) is 0 Å². The third-order valence-corrected chi connectivity index (χ3v) is 18.0. The monoisotopic (exact) mass is 1190 g/mol. The number of carbonyl (C=O) groups is 3. The van der Waals surface area contributed by atoms with Crippen molar-refractivity contribution in [1.82, 2.24) is 0 Å². The minimum atomic E-state index is -4.64. The zero-order valence-electron chi connectivity index (χ0n) is 45.5. The molecule has 74 heavy (non-hydrogen) atoms. The van der Waals surface area contributed by atoms with Crippen LogP contribution in [0.1, 0.15) is 47.5 Å². The highest BCUT2D eigenvalue weighted by Crippen LogP contribution is 2.35. The molecule has 0 aliphatic carbocycles. The standard InChI is InChI=1S/C10H20O5Si.C9H18O5Si.C8H18O3Si.C5H12O3Si.C4H6O2.C2H5O4P.C2H6O2.H3O4P/c1-9(2)10(11)15-7-6-8-16(12-3,13-4)14-5;1-5-9(10)14-7-6-8-15(11-2,12-3)13-4;1-5-9-12(8-4,10-6-2)11-7-3;1-5-9(6-2,7-3)8-4;1-3(2)4(5)6;1-2-6-7(3,4)5;3-1-2-4;1-5(2,3)4/h1,6-8H2,2-5H3;5H,1,6-8H2,2-4H3;8H,4-7H2,1-3H3;5H,1H2,2-4H3;1H2,2H3,(H,5,6);2H,1H2,(H2,3,4,5);3-4H,1-2H2;(H3,1,2,3,4). The summed E-state index contributed by atoms with van der Waals surface area (Å²) in [5, 5.41) is 23.1. The molecule has 442 valence electrons. The third kappa shape index (κ3) is 60.1. The third-order valence-electron chi connectivity index (χ3n) is 7.18. The summed E-state index contributed by atoms with van der Waals surface area (Å²) in [6, 6.07) is 1.22. The molecule has 0 rings (SSSR count). The van der Waals surface area contributed by atoms with Gasteiger partial charge in [-0.05, 0) is 58.9 Å². The normalized spacial score (nSPS) is 10.8. The summed E-state index contributed by atoms with van der Waals surface area (Å²) >= 11 is 0. The maximum atomic E-state index is 11.1. The number of hydrogen-bond donors (Lipinski definition) is 8. The molecule has 8 N–H and O–H groups in total. The first-order valence-electron chi connectivity index (χ1n) is 21.3. The molecule has 28 nitrogen and oxygen atoms in total. The van der Waals surface area contributed by atoms with Crippen LogP contribution in [0.3, 0.4) is 0 Å². The number of aliphatic hydroxyl groups is 2. The molecule has 0 aromatic heterocycles. The van der Waals surface area contributed by atoms with Gasteiger partial charge in [-0.15, -0.1) is 0 Å². The summed E-state index contributed by atoms with van der Waals surface area (Å²) in [5.41, 5.74) is 3.82. The SMILES string of the molecule is C=C(C)C(=O)O.C=C(C)C(=O)OCCC[Si](OC)(OC)OC.C=CC(=O)OCCC[Si](OC)(OC)OC.C=COP(=O)(O)O.C=C[Si](OC)(OC)OC.C=C[Si](OCC)(OCC)OCC.O=P(O)(O)O.OCCO. The number of rotatable bonds is 31. The van der Waals surface area contributed by atoms with Crippen LogP contribution in [0.25, 0.3) is 0 Å². The Morgan fingerprint density at radius 1 is 0.541 bits per heavy atom. The number of phosphoric ester groups is 1. The van der Waals surface area contributed by atoms with E-state index in [1.807, 2.05) is 20.8 Å². The van der Waals surface area contributed by atoms with Crippen LogP contribution >= 0.6 is 15.6 Å². The number of hydrogen-bond acceptors (Lipinski definition) is 22. The van der Waals surface area contributed by atoms with Crippen LogP contribution in [0.2, 0.25) is 12.1 Å². The summed E-state index contributed by atoms with van der Waals surface area (Å²) in [6.07, 6.45) is 3.11. The predicted molar refractivity (Wildman–Crippen MR) is 281 cm³/mol. The van der Waals surface area contributed by atoms with Crippen molar-refractivity contribution in [2.45, 2.75) is 59.5 Å². The lowest BCUT2D eigenvalue weighted by Gasteiger charge is -2.24. The van der Waals surface area contributed by atoms with Gasteiger partial charge in [-0.1, -0.05) is 39.5 Å². The molecular weight excluding hydrogens is 1100 g/mol. The van der Waals surface area contributed by atoms with Gasteiger partial charge in [0.05, 0.1) is 32.7 Å². The first-order valence-corrected chi connectivity index (χ1v) is 31.8. The second-order valence-electron chi connectivity index (χ2n) is 12.4. The molecule has 0 fully saturated rings. The fraction of sp³-hybridized carbons (Fsp3) is 0.625. The van der Waals surface area contributed by atoms with E-state index in [1.54, 1.807) is 82.3 Å². The van der Waals surface area contributed by atoms with Crippen molar-refractivity contribution in [3.8, 4) is 0 Å². The van der Waals surface area contributed by atoms with Crippen molar-refractivity contribution in [1.29, 1.82) is 0 Å². The number of carboxylic acids is 1. The summed E-state index contributed by atoms with van der Waals surface area (Å²) < 4.78 is 94.4. The quantitative estimate of drug-likeness (QED) is 0.0123. The molecule has 0 amide bonds. The van der Waals surface area contributed by atoms with E-state index in [-0.39, 0.29) is 24.8 Å². The zero-order chi connectivity index (χ0) is 60.1. The Hall–Kier alpha value is -2.78. The van der Waals surface area contributed by atoms with Crippen LogP contribution in [0, 0.1) is 0 Å². The van der Waals surface area contributed by atoms with E-state index in [9.17, 15) is 18.9 Å². The molecule has 0 aliphatic heterocycles. The van der Waals surface area contributed by atoms with E-state index in [0.717, 1.165) is 6.08 Å². The first kappa shape index (κ1) is 87.9. The number of phosphoric acid groups is 2. The van der Waals surface area contributed by atoms with Crippen molar-refractivity contribution < 1.29 is 130 Å². The molecule has 0 aromatic carbocycles. The predicted octanol–water partition coefficient (Wildman–Crippen LogP) is 3.64. The molecule has 0 spiro atoms. The molecule has 0 aromatic rings. The number of aliphatic hydroxyl groups excluding tert-OH is 2. The Morgan fingerprint density at radius 3 is 0.986 bits per heavy atom. The van der Waals surface area contributed by atoms with E-state index in [4.69, 9.17) is 107 Å². The van der Waals surface area contributed by atoms with Crippen molar-refractivity contribution in [2.24, 2.45) is 0 Å². The topological polar surface area (TPSA) is 386 Å². The number of carbonyl (C=O) groups excluding carboxylic acids is 2. The van der Waals surface area contributed by atoms with Gasteiger partial charge in [0.25, 0.3) is 0 Å². The van der Waals surface area contributed by atoms with Gasteiger partial charge in [0.1, 0.15) is 0 Å². The van der Waals surface area contributed by atoms with Crippen LogP contribution in [0.15, 0.2) is 74.4 Å². The van der Waals surface area contributed by atoms with Crippen molar-refractivity contribution >= 4 is 68.8 Å². The Morgan fingerprint density at radius 2 is 0.838 bits per heavy atom. The van der Waals surface area contributed by atoms with Crippen molar-refractivity contribution in [3.63, 3.8) is 0 Å². The molecule has 34 heteroatoms. The van der Waals surface area contributed by atoms with Crippen LogP contribution < -0.4 is 0 Å². The second-order valence-corrected chi connectivity index (χ2v) is 26.1. The highest BCUT2D eigenvalue weighted by molar-refractivity contribution is 7.46. The van der Waals surface area contributed by atoms with Gasteiger partial charge in [0, 0.05) is 113 Å². The Kier molecular flexibility index (Phi) is 65.3. The van der Waals surface area contributed by atoms with E-state index >= 15 is 0 Å². The van der Waals surface area contributed by atoms with Crippen LogP contribution in [-0.2, 0) is 90.6 Å². The molecule has 0 saturated carbocycles. The zero-order valence-corrected chi connectivity index (χ0v) is 51.3. The molecular formula is C40H88O28P2Si4. The average Bonchev–Trinajstić information content (AvgIpc) is 3.35. The van der Waals surface area contributed by atoms with Gasteiger partial charge in [0.15, 0.2) is 0 Å². The fourth-order valence-corrected chi connectivity index (χ4v) is 10.1. The lowest BCUT2D eigenvalue weighted by atomic mass is 10.4. The van der Waals surface area contributed by atoms with Gasteiger partial charge < -0.3 is 97.1 Å². The second kappa shape index (κ2) is 55.0. The average molecular weight is 1190 g/mol. The van der Waals surface area contributed by atoms with Gasteiger partial charge >= 0.3 is 68.8 Å². The number of esters is 2. The summed E-state index contributed by atoms with van der Waals surface area (Å²) in [4.78, 5) is 68.6. The molecule has 0 aliphatic rings. The van der Waals surface area contributed by atoms with Crippen molar-refractivity contribution in [2.75, 3.05) is 110 Å². The molecule has 0 radical (unpaired) electrons. The smallest absolute Gasteiger partial charge is 0.478 e. The van der Waals surface area contributed by atoms with Crippen LogP contribution in [-0.4, -0.2) is 203 Å².